The Morgan fingerprint density at radius 1 is 1.12 bits per heavy atom. The van der Waals surface area contributed by atoms with Crippen molar-refractivity contribution >= 4 is 0 Å². The van der Waals surface area contributed by atoms with Gasteiger partial charge in [-0.1, -0.05) is 44.5 Å². The third kappa shape index (κ3) is 2.90. The van der Waals surface area contributed by atoms with Crippen LogP contribution in [0.4, 0.5) is 0 Å². The fraction of sp³-hybridized carbons (Fsp3) is 0.625. The second-order valence-corrected chi connectivity index (χ2v) is 5.43. The summed E-state index contributed by atoms with van der Waals surface area (Å²) < 4.78 is 0. The van der Waals surface area contributed by atoms with E-state index in [-0.39, 0.29) is 0 Å². The molecule has 0 atom stereocenters. The first kappa shape index (κ1) is 12.6. The van der Waals surface area contributed by atoms with Crippen LogP contribution in [0.15, 0.2) is 24.3 Å². The number of rotatable bonds is 6. The highest BCUT2D eigenvalue weighted by Crippen LogP contribution is 2.43. The normalized spacial score (nSPS) is 17.8. The van der Waals surface area contributed by atoms with Crippen LogP contribution in [0.3, 0.4) is 0 Å². The average molecular weight is 231 g/mol. The predicted molar refractivity (Wildman–Crippen MR) is 74.1 cm³/mol. The number of hydrogen-bond acceptors (Lipinski definition) is 1. The summed E-state index contributed by atoms with van der Waals surface area (Å²) in [7, 11) is 0. The molecule has 0 aromatic heterocycles. The van der Waals surface area contributed by atoms with Gasteiger partial charge >= 0.3 is 0 Å². The highest BCUT2D eigenvalue weighted by molar-refractivity contribution is 5.26. The maximum atomic E-state index is 3.67. The average Bonchev–Trinajstić information content (AvgIpc) is 2.33. The molecule has 1 aromatic carbocycles. The molecular formula is C16H25N. The van der Waals surface area contributed by atoms with E-state index in [1.165, 1.54) is 43.4 Å². The summed E-state index contributed by atoms with van der Waals surface area (Å²) >= 11 is 0. The van der Waals surface area contributed by atoms with Crippen molar-refractivity contribution < 1.29 is 0 Å². The summed E-state index contributed by atoms with van der Waals surface area (Å²) in [6, 6.07) is 8.79. The van der Waals surface area contributed by atoms with Gasteiger partial charge in [0.25, 0.3) is 0 Å². The van der Waals surface area contributed by atoms with Crippen LogP contribution in [0.2, 0.25) is 0 Å². The van der Waals surface area contributed by atoms with Gasteiger partial charge in [0, 0.05) is 13.1 Å². The molecule has 0 bridgehead atoms. The summed E-state index contributed by atoms with van der Waals surface area (Å²) in [4.78, 5) is 0. The molecule has 0 amide bonds. The van der Waals surface area contributed by atoms with Crippen molar-refractivity contribution in [3.63, 3.8) is 0 Å². The fourth-order valence-corrected chi connectivity index (χ4v) is 2.87. The van der Waals surface area contributed by atoms with E-state index >= 15 is 0 Å². The summed E-state index contributed by atoms with van der Waals surface area (Å²) in [6.07, 6.45) is 6.74. The van der Waals surface area contributed by atoms with E-state index in [9.17, 15) is 0 Å². The lowest BCUT2D eigenvalue weighted by Crippen LogP contribution is -2.39. The standard InChI is InChI=1S/C16H25N/c1-3-14-8-5-6-9-15(14)12-17-13-16(4-2)10-7-11-16/h5-6,8-9,17H,3-4,7,10-13H2,1-2H3. The molecule has 1 nitrogen and oxygen atoms in total. The van der Waals surface area contributed by atoms with Crippen LogP contribution in [0.25, 0.3) is 0 Å². The second kappa shape index (κ2) is 5.68. The molecule has 0 radical (unpaired) electrons. The molecule has 2 rings (SSSR count). The first-order chi connectivity index (χ1) is 8.29. The van der Waals surface area contributed by atoms with Gasteiger partial charge in [-0.25, -0.2) is 0 Å². The van der Waals surface area contributed by atoms with Crippen LogP contribution in [-0.4, -0.2) is 6.54 Å². The van der Waals surface area contributed by atoms with Crippen molar-refractivity contribution in [1.29, 1.82) is 0 Å². The minimum Gasteiger partial charge on any atom is -0.312 e. The number of aryl methyl sites for hydroxylation is 1. The van der Waals surface area contributed by atoms with Crippen molar-refractivity contribution in [3.8, 4) is 0 Å². The molecule has 1 aliphatic rings. The number of hydrogen-bond donors (Lipinski definition) is 1. The fourth-order valence-electron chi connectivity index (χ4n) is 2.87. The van der Waals surface area contributed by atoms with Crippen LogP contribution in [0.1, 0.15) is 50.7 Å². The largest absolute Gasteiger partial charge is 0.312 e. The Morgan fingerprint density at radius 2 is 1.82 bits per heavy atom. The van der Waals surface area contributed by atoms with Crippen LogP contribution in [0, 0.1) is 5.41 Å². The van der Waals surface area contributed by atoms with E-state index in [2.05, 4.69) is 43.4 Å². The van der Waals surface area contributed by atoms with Gasteiger partial charge in [-0.2, -0.15) is 0 Å². The van der Waals surface area contributed by atoms with E-state index in [0.29, 0.717) is 5.41 Å². The van der Waals surface area contributed by atoms with E-state index in [4.69, 9.17) is 0 Å². The first-order valence-electron chi connectivity index (χ1n) is 7.07. The number of nitrogens with one attached hydrogen (secondary N) is 1. The second-order valence-electron chi connectivity index (χ2n) is 5.43. The molecule has 94 valence electrons. The molecule has 1 aromatic rings. The zero-order chi connectivity index (χ0) is 12.1. The van der Waals surface area contributed by atoms with Gasteiger partial charge in [0.15, 0.2) is 0 Å². The lowest BCUT2D eigenvalue weighted by Gasteiger charge is -2.41. The molecular weight excluding hydrogens is 206 g/mol. The number of benzene rings is 1. The van der Waals surface area contributed by atoms with Gasteiger partial charge in [-0.3, -0.25) is 0 Å². The molecule has 1 heteroatoms. The molecule has 1 N–H and O–H groups in total. The Balaban J connectivity index is 1.85. The van der Waals surface area contributed by atoms with Crippen molar-refractivity contribution in [2.45, 2.75) is 52.5 Å². The van der Waals surface area contributed by atoms with Gasteiger partial charge in [-0.05, 0) is 42.2 Å². The van der Waals surface area contributed by atoms with E-state index in [1.54, 1.807) is 0 Å². The highest BCUT2D eigenvalue weighted by atomic mass is 14.9. The van der Waals surface area contributed by atoms with Crippen LogP contribution >= 0.6 is 0 Å². The summed E-state index contributed by atoms with van der Waals surface area (Å²) in [5, 5.41) is 3.67. The summed E-state index contributed by atoms with van der Waals surface area (Å²) in [5.74, 6) is 0. The molecule has 0 aliphatic heterocycles. The quantitative estimate of drug-likeness (QED) is 0.782. The summed E-state index contributed by atoms with van der Waals surface area (Å²) in [5.41, 5.74) is 3.58. The Bertz CT molecular complexity index is 347. The predicted octanol–water partition coefficient (Wildman–Crippen LogP) is 3.92. The van der Waals surface area contributed by atoms with Crippen LogP contribution < -0.4 is 5.32 Å². The molecule has 0 unspecified atom stereocenters. The van der Waals surface area contributed by atoms with Gasteiger partial charge < -0.3 is 5.32 Å². The molecule has 1 saturated carbocycles. The Morgan fingerprint density at radius 3 is 2.35 bits per heavy atom. The highest BCUT2D eigenvalue weighted by Gasteiger charge is 2.34. The third-order valence-corrected chi connectivity index (χ3v) is 4.48. The molecule has 0 saturated heterocycles. The monoisotopic (exact) mass is 231 g/mol. The Hall–Kier alpha value is -0.820. The minimum atomic E-state index is 0.626. The van der Waals surface area contributed by atoms with Crippen LogP contribution in [0.5, 0.6) is 0 Å². The van der Waals surface area contributed by atoms with Crippen molar-refractivity contribution in [2.24, 2.45) is 5.41 Å². The van der Waals surface area contributed by atoms with E-state index < -0.39 is 0 Å². The molecule has 1 aliphatic carbocycles. The van der Waals surface area contributed by atoms with Gasteiger partial charge in [0.2, 0.25) is 0 Å². The van der Waals surface area contributed by atoms with Gasteiger partial charge in [0.05, 0.1) is 0 Å². The molecule has 0 spiro atoms. The zero-order valence-corrected chi connectivity index (χ0v) is 11.3. The van der Waals surface area contributed by atoms with Gasteiger partial charge in [0.1, 0.15) is 0 Å². The maximum Gasteiger partial charge on any atom is 0.0208 e. The Labute approximate surface area is 106 Å². The SMILES string of the molecule is CCc1ccccc1CNCC1(CC)CCC1. The van der Waals surface area contributed by atoms with Crippen molar-refractivity contribution in [2.75, 3.05) is 6.54 Å². The van der Waals surface area contributed by atoms with Crippen molar-refractivity contribution in [1.82, 2.24) is 5.32 Å². The first-order valence-corrected chi connectivity index (χ1v) is 7.07. The zero-order valence-electron chi connectivity index (χ0n) is 11.3. The Kier molecular flexibility index (Phi) is 4.22. The maximum absolute atomic E-state index is 3.67. The smallest absolute Gasteiger partial charge is 0.0208 e. The van der Waals surface area contributed by atoms with E-state index in [1.807, 2.05) is 0 Å². The van der Waals surface area contributed by atoms with E-state index in [0.717, 1.165) is 13.0 Å². The molecule has 0 heterocycles. The minimum absolute atomic E-state index is 0.626. The van der Waals surface area contributed by atoms with Crippen LogP contribution in [-0.2, 0) is 13.0 Å². The lowest BCUT2D eigenvalue weighted by molar-refractivity contribution is 0.124. The van der Waals surface area contributed by atoms with Gasteiger partial charge in [-0.15, -0.1) is 0 Å². The lowest BCUT2D eigenvalue weighted by atomic mass is 9.67. The molecule has 17 heavy (non-hydrogen) atoms. The summed E-state index contributed by atoms with van der Waals surface area (Å²) in [6.45, 7) is 6.80. The molecule has 1 fully saturated rings. The third-order valence-electron chi connectivity index (χ3n) is 4.48. The van der Waals surface area contributed by atoms with Crippen molar-refractivity contribution in [3.05, 3.63) is 35.4 Å². The topological polar surface area (TPSA) is 12.0 Å².